The Bertz CT molecular complexity index is 914. The third-order valence-corrected chi connectivity index (χ3v) is 4.85. The van der Waals surface area contributed by atoms with Gasteiger partial charge in [0.05, 0.1) is 25.6 Å². The second-order valence-electron chi connectivity index (χ2n) is 5.48. The standard InChI is InChI=1S/C18H19N3O3S/c1-11-5-8-15(21(11)2)18-20-14(10-25-18)17(22)19-13-7-6-12(23-3)9-16(13)24-4/h5-10H,1-4H3,(H,19,22). The van der Waals surface area contributed by atoms with E-state index in [2.05, 4.69) is 10.3 Å². The molecule has 0 aliphatic heterocycles. The minimum Gasteiger partial charge on any atom is -0.497 e. The topological polar surface area (TPSA) is 65.4 Å². The van der Waals surface area contributed by atoms with Crippen LogP contribution < -0.4 is 14.8 Å². The number of methoxy groups -OCH3 is 2. The number of hydrogen-bond acceptors (Lipinski definition) is 5. The van der Waals surface area contributed by atoms with E-state index in [1.807, 2.05) is 30.7 Å². The number of benzene rings is 1. The van der Waals surface area contributed by atoms with Crippen LogP contribution in [-0.2, 0) is 7.05 Å². The Morgan fingerprint density at radius 2 is 2.00 bits per heavy atom. The van der Waals surface area contributed by atoms with Gasteiger partial charge in [0.1, 0.15) is 22.2 Å². The summed E-state index contributed by atoms with van der Waals surface area (Å²) in [6.45, 7) is 2.03. The van der Waals surface area contributed by atoms with Gasteiger partial charge in [-0.25, -0.2) is 4.98 Å². The van der Waals surface area contributed by atoms with Gasteiger partial charge < -0.3 is 19.4 Å². The summed E-state index contributed by atoms with van der Waals surface area (Å²) in [6, 6.07) is 9.25. The average Bonchev–Trinajstić information content (AvgIpc) is 3.23. The van der Waals surface area contributed by atoms with Crippen molar-refractivity contribution in [2.45, 2.75) is 6.92 Å². The largest absolute Gasteiger partial charge is 0.497 e. The van der Waals surface area contributed by atoms with Crippen LogP contribution in [0.4, 0.5) is 5.69 Å². The maximum Gasteiger partial charge on any atom is 0.275 e. The Labute approximate surface area is 150 Å². The number of anilines is 1. The lowest BCUT2D eigenvalue weighted by Crippen LogP contribution is -2.13. The van der Waals surface area contributed by atoms with Gasteiger partial charge in [-0.1, -0.05) is 0 Å². The molecule has 0 aliphatic rings. The Morgan fingerprint density at radius 1 is 1.20 bits per heavy atom. The number of carbonyl (C=O) groups excluding carboxylic acids is 1. The van der Waals surface area contributed by atoms with E-state index in [1.165, 1.54) is 11.3 Å². The molecule has 1 aromatic carbocycles. The average molecular weight is 357 g/mol. The van der Waals surface area contributed by atoms with Crippen LogP contribution in [0.2, 0.25) is 0 Å². The Kier molecular flexibility index (Phi) is 4.76. The lowest BCUT2D eigenvalue weighted by molar-refractivity contribution is 0.102. The molecule has 6 nitrogen and oxygen atoms in total. The first-order valence-corrected chi connectivity index (χ1v) is 8.53. The van der Waals surface area contributed by atoms with Crippen molar-refractivity contribution >= 4 is 22.9 Å². The number of amides is 1. The first kappa shape index (κ1) is 17.0. The Morgan fingerprint density at radius 3 is 2.64 bits per heavy atom. The van der Waals surface area contributed by atoms with Crippen molar-refractivity contribution in [3.05, 3.63) is 47.1 Å². The number of hydrogen-bond donors (Lipinski definition) is 1. The maximum absolute atomic E-state index is 12.5. The molecular formula is C18H19N3O3S. The summed E-state index contributed by atoms with van der Waals surface area (Å²) in [5.41, 5.74) is 3.07. The summed E-state index contributed by atoms with van der Waals surface area (Å²) in [7, 11) is 5.10. The van der Waals surface area contributed by atoms with Gasteiger partial charge in [0.15, 0.2) is 0 Å². The number of thiazole rings is 1. The number of carbonyl (C=O) groups is 1. The smallest absolute Gasteiger partial charge is 0.275 e. The molecular weight excluding hydrogens is 338 g/mol. The fraction of sp³-hybridized carbons (Fsp3) is 0.222. The molecule has 3 aromatic rings. The number of nitrogens with one attached hydrogen (secondary N) is 1. The highest BCUT2D eigenvalue weighted by atomic mass is 32.1. The van der Waals surface area contributed by atoms with E-state index in [4.69, 9.17) is 9.47 Å². The van der Waals surface area contributed by atoms with Crippen molar-refractivity contribution in [1.29, 1.82) is 0 Å². The van der Waals surface area contributed by atoms with E-state index in [0.717, 1.165) is 16.4 Å². The number of nitrogens with zero attached hydrogens (tertiary/aromatic N) is 2. The van der Waals surface area contributed by atoms with E-state index < -0.39 is 0 Å². The van der Waals surface area contributed by atoms with Crippen molar-refractivity contribution in [2.24, 2.45) is 7.05 Å². The van der Waals surface area contributed by atoms with Gasteiger partial charge in [0.2, 0.25) is 0 Å². The van der Waals surface area contributed by atoms with Crippen LogP contribution in [-0.4, -0.2) is 29.7 Å². The molecule has 0 saturated heterocycles. The third kappa shape index (κ3) is 3.36. The van der Waals surface area contributed by atoms with Crippen LogP contribution in [0.1, 0.15) is 16.2 Å². The summed E-state index contributed by atoms with van der Waals surface area (Å²) in [4.78, 5) is 17.0. The fourth-order valence-corrected chi connectivity index (χ4v) is 3.27. The van der Waals surface area contributed by atoms with Gasteiger partial charge in [0.25, 0.3) is 5.91 Å². The number of rotatable bonds is 5. The second-order valence-corrected chi connectivity index (χ2v) is 6.34. The minimum atomic E-state index is -0.281. The van der Waals surface area contributed by atoms with Crippen molar-refractivity contribution in [3.8, 4) is 22.2 Å². The molecule has 0 spiro atoms. The van der Waals surface area contributed by atoms with Crippen LogP contribution in [0.15, 0.2) is 35.7 Å². The third-order valence-electron chi connectivity index (χ3n) is 3.99. The molecule has 0 bridgehead atoms. The summed E-state index contributed by atoms with van der Waals surface area (Å²) in [5.74, 6) is 0.906. The minimum absolute atomic E-state index is 0.281. The lowest BCUT2D eigenvalue weighted by atomic mass is 10.2. The zero-order valence-corrected chi connectivity index (χ0v) is 15.3. The molecule has 130 valence electrons. The van der Waals surface area contributed by atoms with Crippen LogP contribution in [0, 0.1) is 6.92 Å². The molecule has 0 unspecified atom stereocenters. The zero-order chi connectivity index (χ0) is 18.0. The molecule has 1 amide bonds. The van der Waals surface area contributed by atoms with Gasteiger partial charge in [-0.2, -0.15) is 0 Å². The first-order chi connectivity index (χ1) is 12.0. The zero-order valence-electron chi connectivity index (χ0n) is 14.5. The van der Waals surface area contributed by atoms with Crippen molar-refractivity contribution in [2.75, 3.05) is 19.5 Å². The van der Waals surface area contributed by atoms with Gasteiger partial charge in [-0.15, -0.1) is 11.3 Å². The molecule has 1 N–H and O–H groups in total. The van der Waals surface area contributed by atoms with Crippen LogP contribution in [0.25, 0.3) is 10.7 Å². The quantitative estimate of drug-likeness (QED) is 0.756. The van der Waals surface area contributed by atoms with Gasteiger partial charge >= 0.3 is 0 Å². The summed E-state index contributed by atoms with van der Waals surface area (Å²) >= 11 is 1.44. The molecule has 0 aliphatic carbocycles. The molecule has 7 heteroatoms. The molecule has 25 heavy (non-hydrogen) atoms. The highest BCUT2D eigenvalue weighted by Gasteiger charge is 2.16. The van der Waals surface area contributed by atoms with E-state index in [9.17, 15) is 4.79 Å². The second kappa shape index (κ2) is 6.98. The van der Waals surface area contributed by atoms with E-state index in [0.29, 0.717) is 22.9 Å². The highest BCUT2D eigenvalue weighted by molar-refractivity contribution is 7.13. The van der Waals surface area contributed by atoms with Crippen LogP contribution in [0.5, 0.6) is 11.5 Å². The summed E-state index contributed by atoms with van der Waals surface area (Å²) in [6.07, 6.45) is 0. The number of aryl methyl sites for hydroxylation is 1. The molecule has 0 radical (unpaired) electrons. The Balaban J connectivity index is 1.82. The van der Waals surface area contributed by atoms with Gasteiger partial charge in [-0.05, 0) is 31.2 Å². The monoisotopic (exact) mass is 357 g/mol. The van der Waals surface area contributed by atoms with E-state index >= 15 is 0 Å². The number of aromatic nitrogens is 2. The lowest BCUT2D eigenvalue weighted by Gasteiger charge is -2.10. The normalized spacial score (nSPS) is 10.6. The van der Waals surface area contributed by atoms with Crippen molar-refractivity contribution in [3.63, 3.8) is 0 Å². The predicted octanol–water partition coefficient (Wildman–Crippen LogP) is 3.73. The highest BCUT2D eigenvalue weighted by Crippen LogP contribution is 2.30. The molecule has 2 heterocycles. The molecule has 2 aromatic heterocycles. The Hall–Kier alpha value is -2.80. The summed E-state index contributed by atoms with van der Waals surface area (Å²) in [5, 5.41) is 5.39. The predicted molar refractivity (Wildman–Crippen MR) is 98.8 cm³/mol. The number of ether oxygens (including phenoxy) is 2. The fourth-order valence-electron chi connectivity index (χ4n) is 2.41. The van der Waals surface area contributed by atoms with Crippen molar-refractivity contribution in [1.82, 2.24) is 9.55 Å². The molecule has 0 atom stereocenters. The SMILES string of the molecule is COc1ccc(NC(=O)c2csc(-c3ccc(C)n3C)n2)c(OC)c1. The van der Waals surface area contributed by atoms with Gasteiger partial charge in [0, 0.05) is 24.2 Å². The van der Waals surface area contributed by atoms with Gasteiger partial charge in [-0.3, -0.25) is 4.79 Å². The van der Waals surface area contributed by atoms with Crippen molar-refractivity contribution < 1.29 is 14.3 Å². The molecule has 0 saturated carbocycles. The van der Waals surface area contributed by atoms with Crippen LogP contribution in [0.3, 0.4) is 0 Å². The molecule has 3 rings (SSSR count). The van der Waals surface area contributed by atoms with E-state index in [1.54, 1.807) is 37.8 Å². The van der Waals surface area contributed by atoms with Crippen LogP contribution >= 0.6 is 11.3 Å². The molecule has 0 fully saturated rings. The maximum atomic E-state index is 12.5. The van der Waals surface area contributed by atoms with E-state index in [-0.39, 0.29) is 5.91 Å². The first-order valence-electron chi connectivity index (χ1n) is 7.65. The summed E-state index contributed by atoms with van der Waals surface area (Å²) < 4.78 is 12.5.